The Bertz CT molecular complexity index is 1400. The van der Waals surface area contributed by atoms with Gasteiger partial charge in [0.1, 0.15) is 5.75 Å². The first-order chi connectivity index (χ1) is 19.3. The van der Waals surface area contributed by atoms with Gasteiger partial charge in [0.05, 0.1) is 6.61 Å². The Hall–Kier alpha value is -2.78. The van der Waals surface area contributed by atoms with Crippen LogP contribution < -0.4 is 15.6 Å². The molecular formula is C29H27Cl4N3O4. The van der Waals surface area contributed by atoms with Gasteiger partial charge in [-0.1, -0.05) is 64.6 Å². The van der Waals surface area contributed by atoms with Crippen LogP contribution in [0.25, 0.3) is 0 Å². The molecule has 0 saturated heterocycles. The van der Waals surface area contributed by atoms with Crippen LogP contribution in [0.15, 0.2) is 78.3 Å². The predicted molar refractivity (Wildman–Crippen MR) is 159 cm³/mol. The lowest BCUT2D eigenvalue weighted by atomic mass is 9.84. The summed E-state index contributed by atoms with van der Waals surface area (Å²) in [6.07, 6.45) is 1.41. The summed E-state index contributed by atoms with van der Waals surface area (Å²) >= 11 is 25.0. The molecule has 3 N–H and O–H groups in total. The number of rotatable bonds is 12. The highest BCUT2D eigenvalue weighted by Crippen LogP contribution is 2.45. The Balaban J connectivity index is 1.64. The van der Waals surface area contributed by atoms with Crippen LogP contribution in [0.1, 0.15) is 35.6 Å². The van der Waals surface area contributed by atoms with E-state index in [-0.39, 0.29) is 25.5 Å². The van der Waals surface area contributed by atoms with E-state index in [0.717, 1.165) is 5.56 Å². The first kappa shape index (κ1) is 30.2. The van der Waals surface area contributed by atoms with Crippen LogP contribution in [0, 0.1) is 0 Å². The number of hydrogen-bond acceptors (Lipinski definition) is 6. The first-order valence-corrected chi connectivity index (χ1v) is 13.9. The maximum atomic E-state index is 13.9. The maximum absolute atomic E-state index is 13.9. The Morgan fingerprint density at radius 2 is 1.75 bits per heavy atom. The van der Waals surface area contributed by atoms with E-state index < -0.39 is 17.6 Å². The molecule has 3 aromatic rings. The average Bonchev–Trinajstić information content (AvgIpc) is 3.31. The molecular weight excluding hydrogens is 596 g/mol. The van der Waals surface area contributed by atoms with Crippen molar-refractivity contribution < 1.29 is 19.4 Å². The second-order valence-corrected chi connectivity index (χ2v) is 10.7. The molecule has 0 aliphatic carbocycles. The third kappa shape index (κ3) is 6.92. The normalized spacial score (nSPS) is 18.1. The minimum absolute atomic E-state index is 0.0480. The van der Waals surface area contributed by atoms with E-state index in [4.69, 9.17) is 66.0 Å². The van der Waals surface area contributed by atoms with Crippen molar-refractivity contribution in [2.75, 3.05) is 13.2 Å². The number of aliphatic hydroxyl groups is 1. The molecule has 1 amide bonds. The number of nitrogens with zero attached hydrogens (tertiary/aromatic N) is 1. The van der Waals surface area contributed by atoms with Crippen molar-refractivity contribution in [3.63, 3.8) is 0 Å². The summed E-state index contributed by atoms with van der Waals surface area (Å²) in [7, 11) is 0. The largest absolute Gasteiger partial charge is 0.494 e. The van der Waals surface area contributed by atoms with Gasteiger partial charge in [-0.2, -0.15) is 0 Å². The second-order valence-electron chi connectivity index (χ2n) is 8.99. The number of aliphatic imine (C=N–C) groups is 1. The van der Waals surface area contributed by atoms with E-state index >= 15 is 0 Å². The van der Waals surface area contributed by atoms with Crippen molar-refractivity contribution in [1.82, 2.24) is 10.9 Å². The van der Waals surface area contributed by atoms with Gasteiger partial charge in [-0.3, -0.25) is 10.2 Å². The minimum Gasteiger partial charge on any atom is -0.494 e. The van der Waals surface area contributed by atoms with Crippen LogP contribution in [-0.4, -0.2) is 35.7 Å². The zero-order valence-electron chi connectivity index (χ0n) is 21.3. The van der Waals surface area contributed by atoms with Gasteiger partial charge in [-0.15, -0.1) is 6.58 Å². The molecule has 210 valence electrons. The maximum Gasteiger partial charge on any atom is 0.266 e. The summed E-state index contributed by atoms with van der Waals surface area (Å²) in [5.74, 6) is 0.441. The average molecular weight is 623 g/mol. The van der Waals surface area contributed by atoms with Crippen molar-refractivity contribution in [3.05, 3.63) is 110 Å². The lowest BCUT2D eigenvalue weighted by Crippen LogP contribution is -2.52. The molecule has 1 aliphatic rings. The molecule has 7 nitrogen and oxygen atoms in total. The summed E-state index contributed by atoms with van der Waals surface area (Å²) in [6, 6.07) is 17.2. The van der Waals surface area contributed by atoms with Crippen LogP contribution in [0.5, 0.6) is 5.75 Å². The summed E-state index contributed by atoms with van der Waals surface area (Å²) in [5.41, 5.74) is 6.18. The molecule has 4 rings (SSSR count). The van der Waals surface area contributed by atoms with Crippen molar-refractivity contribution in [1.29, 1.82) is 0 Å². The SMILES string of the molecule is C=CC[C@]1(C(=O)NNCc2ccc(Cl)cc2Cl)N=C(c2ccc(OCCCO)cc2)O[C@H]1c1ccc(Cl)cc1Cl. The fourth-order valence-corrected chi connectivity index (χ4v) is 5.20. The molecule has 0 radical (unpaired) electrons. The second kappa shape index (κ2) is 13.7. The number of hydrogen-bond donors (Lipinski definition) is 3. The minimum atomic E-state index is -1.44. The standard InChI is InChI=1S/C29H27Cl4N3O4/c1-2-12-29(28(38)36-34-17-19-4-7-20(30)15-24(19)32)26(23-11-8-21(31)16-25(23)33)40-27(35-29)18-5-9-22(10-6-18)39-14-3-13-37/h2,4-11,15-16,26,34,37H,1,3,12-14,17H2,(H,36,38)/t26-,29-/m0/s1. The quantitative estimate of drug-likeness (QED) is 0.119. The molecule has 0 spiro atoms. The molecule has 0 saturated carbocycles. The monoisotopic (exact) mass is 621 g/mol. The molecule has 0 fully saturated rings. The van der Waals surface area contributed by atoms with E-state index in [2.05, 4.69) is 17.4 Å². The van der Waals surface area contributed by atoms with Gasteiger partial charge in [0.25, 0.3) is 5.91 Å². The van der Waals surface area contributed by atoms with E-state index in [1.165, 1.54) is 0 Å². The van der Waals surface area contributed by atoms with Crippen molar-refractivity contribution in [3.8, 4) is 5.75 Å². The van der Waals surface area contributed by atoms with Crippen molar-refractivity contribution >= 4 is 58.2 Å². The molecule has 0 aromatic heterocycles. The van der Waals surface area contributed by atoms with Crippen LogP contribution in [0.4, 0.5) is 0 Å². The fourth-order valence-electron chi connectivity index (χ4n) is 4.22. The fraction of sp³-hybridized carbons (Fsp3) is 0.241. The summed E-state index contributed by atoms with van der Waals surface area (Å²) in [5, 5.41) is 10.7. The summed E-state index contributed by atoms with van der Waals surface area (Å²) < 4.78 is 12.0. The highest BCUT2D eigenvalue weighted by atomic mass is 35.5. The van der Waals surface area contributed by atoms with Gasteiger partial charge in [-0.25, -0.2) is 10.4 Å². The third-order valence-electron chi connectivity index (χ3n) is 6.23. The molecule has 0 bridgehead atoms. The van der Waals surface area contributed by atoms with Gasteiger partial charge >= 0.3 is 0 Å². The Morgan fingerprint density at radius 3 is 2.40 bits per heavy atom. The number of aliphatic hydroxyl groups excluding tert-OH is 1. The Kier molecular flexibility index (Phi) is 10.4. The van der Waals surface area contributed by atoms with Gasteiger partial charge in [0.15, 0.2) is 11.6 Å². The highest BCUT2D eigenvalue weighted by Gasteiger charge is 2.53. The topological polar surface area (TPSA) is 92.2 Å². The van der Waals surface area contributed by atoms with Gasteiger partial charge < -0.3 is 14.6 Å². The molecule has 11 heteroatoms. The van der Waals surface area contributed by atoms with Crippen LogP contribution in [-0.2, 0) is 16.1 Å². The number of amides is 1. The first-order valence-electron chi connectivity index (χ1n) is 12.4. The smallest absolute Gasteiger partial charge is 0.266 e. The molecule has 3 aromatic carbocycles. The third-order valence-corrected chi connectivity index (χ3v) is 7.38. The summed E-state index contributed by atoms with van der Waals surface area (Å²) in [4.78, 5) is 18.7. The lowest BCUT2D eigenvalue weighted by Gasteiger charge is -2.30. The number of halogens is 4. The molecule has 40 heavy (non-hydrogen) atoms. The number of ether oxygens (including phenoxy) is 2. The van der Waals surface area contributed by atoms with Crippen LogP contribution in [0.2, 0.25) is 20.1 Å². The predicted octanol–water partition coefficient (Wildman–Crippen LogP) is 6.72. The number of nitrogens with one attached hydrogen (secondary N) is 2. The van der Waals surface area contributed by atoms with Gasteiger partial charge in [0, 0.05) is 57.2 Å². The van der Waals surface area contributed by atoms with Crippen molar-refractivity contribution in [2.24, 2.45) is 4.99 Å². The number of carbonyl (C=O) groups is 1. The van der Waals surface area contributed by atoms with Crippen molar-refractivity contribution in [2.45, 2.75) is 31.0 Å². The molecule has 2 atom stereocenters. The molecule has 0 unspecified atom stereocenters. The van der Waals surface area contributed by atoms with E-state index in [9.17, 15) is 4.79 Å². The van der Waals surface area contributed by atoms with Crippen LogP contribution in [0.3, 0.4) is 0 Å². The zero-order valence-corrected chi connectivity index (χ0v) is 24.3. The number of carbonyl (C=O) groups excluding carboxylic acids is 1. The molecule has 1 aliphatic heterocycles. The zero-order chi connectivity index (χ0) is 28.7. The Labute approximate surface area is 252 Å². The molecule has 1 heterocycles. The van der Waals surface area contributed by atoms with Gasteiger partial charge in [0.2, 0.25) is 5.90 Å². The van der Waals surface area contributed by atoms with E-state index in [1.54, 1.807) is 66.7 Å². The number of hydrazine groups is 1. The Morgan fingerprint density at radius 1 is 1.05 bits per heavy atom. The van der Waals surface area contributed by atoms with Crippen LogP contribution >= 0.6 is 46.4 Å². The lowest BCUT2D eigenvalue weighted by molar-refractivity contribution is -0.129. The number of benzene rings is 3. The van der Waals surface area contributed by atoms with E-state index in [0.29, 0.717) is 50.0 Å². The highest BCUT2D eigenvalue weighted by molar-refractivity contribution is 6.35. The van der Waals surface area contributed by atoms with E-state index in [1.807, 2.05) is 0 Å². The van der Waals surface area contributed by atoms with Gasteiger partial charge in [-0.05, 0) is 54.1 Å². The summed E-state index contributed by atoms with van der Waals surface area (Å²) in [6.45, 7) is 4.55.